The van der Waals surface area contributed by atoms with Gasteiger partial charge in [-0.15, -0.1) is 0 Å². The van der Waals surface area contributed by atoms with E-state index in [1.54, 1.807) is 13.2 Å². The van der Waals surface area contributed by atoms with Gasteiger partial charge in [-0.2, -0.15) is 0 Å². The fourth-order valence-electron chi connectivity index (χ4n) is 3.82. The first kappa shape index (κ1) is 20.3. The molecule has 0 unspecified atom stereocenters. The lowest BCUT2D eigenvalue weighted by Gasteiger charge is -2.37. The number of aryl methyl sites for hydroxylation is 1. The molecule has 1 amide bonds. The lowest BCUT2D eigenvalue weighted by Crippen LogP contribution is -2.48. The third-order valence-electron chi connectivity index (χ3n) is 5.54. The summed E-state index contributed by atoms with van der Waals surface area (Å²) < 4.78 is 19.2. The number of rotatable bonds is 7. The highest BCUT2D eigenvalue weighted by molar-refractivity contribution is 5.76. The Bertz CT molecular complexity index is 796. The van der Waals surface area contributed by atoms with Crippen LogP contribution in [0.1, 0.15) is 30.4 Å². The summed E-state index contributed by atoms with van der Waals surface area (Å²) in [5, 5.41) is 0. The zero-order valence-electron chi connectivity index (χ0n) is 16.7. The van der Waals surface area contributed by atoms with Gasteiger partial charge in [0.15, 0.2) is 0 Å². The van der Waals surface area contributed by atoms with E-state index >= 15 is 0 Å². The van der Waals surface area contributed by atoms with Gasteiger partial charge in [0, 0.05) is 38.2 Å². The number of piperidine rings is 1. The number of nitrogens with zero attached hydrogens (tertiary/aromatic N) is 2. The van der Waals surface area contributed by atoms with Gasteiger partial charge in [0.25, 0.3) is 0 Å². The van der Waals surface area contributed by atoms with E-state index in [1.165, 1.54) is 6.07 Å². The van der Waals surface area contributed by atoms with Crippen molar-refractivity contribution in [1.82, 2.24) is 9.80 Å². The standard InChI is InChI=1S/C23H29FN2O2/c1-25(23(27)13-12-18-7-5-10-21(15-18)28-2)20-9-6-14-26(17-20)16-19-8-3-4-11-22(19)24/h3-5,7-8,10-11,15,20H,6,9,12-14,16-17H2,1-2H3/t20-/m1/s1. The number of hydrogen-bond acceptors (Lipinski definition) is 3. The average molecular weight is 384 g/mol. The molecule has 0 radical (unpaired) electrons. The molecule has 2 aromatic rings. The highest BCUT2D eigenvalue weighted by Crippen LogP contribution is 2.20. The van der Waals surface area contributed by atoms with E-state index in [0.717, 1.165) is 42.8 Å². The van der Waals surface area contributed by atoms with Crippen LogP contribution >= 0.6 is 0 Å². The minimum absolute atomic E-state index is 0.153. The number of halogens is 1. The van der Waals surface area contributed by atoms with Crippen molar-refractivity contribution in [3.63, 3.8) is 0 Å². The van der Waals surface area contributed by atoms with Crippen LogP contribution < -0.4 is 4.74 Å². The molecule has 0 N–H and O–H groups in total. The fraction of sp³-hybridized carbons (Fsp3) is 0.435. The summed E-state index contributed by atoms with van der Waals surface area (Å²) in [6, 6.07) is 15.0. The topological polar surface area (TPSA) is 32.8 Å². The van der Waals surface area contributed by atoms with Gasteiger partial charge in [0.2, 0.25) is 5.91 Å². The van der Waals surface area contributed by atoms with Crippen LogP contribution in [0, 0.1) is 5.82 Å². The van der Waals surface area contributed by atoms with Crippen LogP contribution in [0.2, 0.25) is 0 Å². The van der Waals surface area contributed by atoms with E-state index in [-0.39, 0.29) is 17.8 Å². The molecule has 2 aromatic carbocycles. The van der Waals surface area contributed by atoms with Crippen LogP contribution in [0.15, 0.2) is 48.5 Å². The van der Waals surface area contributed by atoms with Gasteiger partial charge in [-0.25, -0.2) is 4.39 Å². The predicted molar refractivity (Wildman–Crippen MR) is 109 cm³/mol. The first-order valence-electron chi connectivity index (χ1n) is 9.91. The highest BCUT2D eigenvalue weighted by atomic mass is 19.1. The van der Waals surface area contributed by atoms with Crippen molar-refractivity contribution in [2.75, 3.05) is 27.2 Å². The van der Waals surface area contributed by atoms with Crippen LogP contribution in [0.5, 0.6) is 5.75 Å². The molecule has 0 spiro atoms. The number of likely N-dealkylation sites (N-methyl/N-ethyl adjacent to an activating group) is 1. The molecular formula is C23H29FN2O2. The van der Waals surface area contributed by atoms with Crippen molar-refractivity contribution in [1.29, 1.82) is 0 Å². The third-order valence-corrected chi connectivity index (χ3v) is 5.54. The molecule has 0 bridgehead atoms. The molecule has 28 heavy (non-hydrogen) atoms. The highest BCUT2D eigenvalue weighted by Gasteiger charge is 2.26. The molecule has 0 saturated carbocycles. The molecular weight excluding hydrogens is 355 g/mol. The number of likely N-dealkylation sites (tertiary alicyclic amines) is 1. The van der Waals surface area contributed by atoms with E-state index in [9.17, 15) is 9.18 Å². The number of ether oxygens (including phenoxy) is 1. The Morgan fingerprint density at radius 1 is 1.25 bits per heavy atom. The zero-order chi connectivity index (χ0) is 19.9. The maximum absolute atomic E-state index is 13.9. The summed E-state index contributed by atoms with van der Waals surface area (Å²) in [4.78, 5) is 16.8. The monoisotopic (exact) mass is 384 g/mol. The van der Waals surface area contributed by atoms with Gasteiger partial charge in [0.05, 0.1) is 7.11 Å². The summed E-state index contributed by atoms with van der Waals surface area (Å²) in [6.07, 6.45) is 3.20. The molecule has 1 heterocycles. The minimum atomic E-state index is -0.160. The predicted octanol–water partition coefficient (Wildman–Crippen LogP) is 3.89. The van der Waals surface area contributed by atoms with E-state index < -0.39 is 0 Å². The van der Waals surface area contributed by atoms with Gasteiger partial charge in [-0.1, -0.05) is 30.3 Å². The summed E-state index contributed by atoms with van der Waals surface area (Å²) >= 11 is 0. The Hall–Kier alpha value is -2.40. The Kier molecular flexibility index (Phi) is 7.04. The molecule has 0 aromatic heterocycles. The van der Waals surface area contributed by atoms with Crippen molar-refractivity contribution < 1.29 is 13.9 Å². The quantitative estimate of drug-likeness (QED) is 0.726. The van der Waals surface area contributed by atoms with Crippen molar-refractivity contribution >= 4 is 5.91 Å². The second kappa shape index (κ2) is 9.69. The normalized spacial score (nSPS) is 17.3. The van der Waals surface area contributed by atoms with Crippen LogP contribution in [0.3, 0.4) is 0 Å². The lowest BCUT2D eigenvalue weighted by molar-refractivity contribution is -0.133. The third kappa shape index (κ3) is 5.32. The lowest BCUT2D eigenvalue weighted by atomic mass is 10.0. The number of hydrogen-bond donors (Lipinski definition) is 0. The number of carbonyl (C=O) groups is 1. The SMILES string of the molecule is COc1cccc(CCC(=O)N(C)[C@@H]2CCCN(Cc3ccccc3F)C2)c1. The summed E-state index contributed by atoms with van der Waals surface area (Å²) in [5.74, 6) is 0.808. The number of carbonyl (C=O) groups excluding carboxylic acids is 1. The van der Waals surface area contributed by atoms with Crippen LogP contribution in [-0.2, 0) is 17.8 Å². The van der Waals surface area contributed by atoms with Crippen molar-refractivity contribution in [3.05, 3.63) is 65.5 Å². The molecule has 150 valence electrons. The van der Waals surface area contributed by atoms with Gasteiger partial charge >= 0.3 is 0 Å². The summed E-state index contributed by atoms with van der Waals surface area (Å²) in [7, 11) is 3.54. The average Bonchev–Trinajstić information content (AvgIpc) is 2.73. The van der Waals surface area contributed by atoms with E-state index in [0.29, 0.717) is 19.4 Å². The molecule has 1 atom stereocenters. The second-order valence-electron chi connectivity index (χ2n) is 7.48. The maximum Gasteiger partial charge on any atom is 0.222 e. The Labute approximate surface area is 166 Å². The first-order chi connectivity index (χ1) is 13.6. The summed E-state index contributed by atoms with van der Waals surface area (Å²) in [6.45, 7) is 2.32. The number of amides is 1. The molecule has 4 nitrogen and oxygen atoms in total. The number of benzene rings is 2. The fourth-order valence-corrected chi connectivity index (χ4v) is 3.82. The van der Waals surface area contributed by atoms with Crippen molar-refractivity contribution in [2.24, 2.45) is 0 Å². The largest absolute Gasteiger partial charge is 0.497 e. The van der Waals surface area contributed by atoms with E-state index in [2.05, 4.69) is 4.90 Å². The van der Waals surface area contributed by atoms with Gasteiger partial charge < -0.3 is 9.64 Å². The zero-order valence-corrected chi connectivity index (χ0v) is 16.7. The summed E-state index contributed by atoms with van der Waals surface area (Å²) in [5.41, 5.74) is 1.82. The van der Waals surface area contributed by atoms with E-state index in [4.69, 9.17) is 4.74 Å². The van der Waals surface area contributed by atoms with Crippen LogP contribution in [-0.4, -0.2) is 49.0 Å². The Morgan fingerprint density at radius 2 is 2.07 bits per heavy atom. The first-order valence-corrected chi connectivity index (χ1v) is 9.91. The van der Waals surface area contributed by atoms with Gasteiger partial charge in [-0.05, 0) is 49.6 Å². The maximum atomic E-state index is 13.9. The molecule has 0 aliphatic carbocycles. The van der Waals surface area contributed by atoms with Crippen molar-refractivity contribution in [3.8, 4) is 5.75 Å². The second-order valence-corrected chi connectivity index (χ2v) is 7.48. The van der Waals surface area contributed by atoms with Crippen LogP contribution in [0.4, 0.5) is 4.39 Å². The Morgan fingerprint density at radius 3 is 2.86 bits per heavy atom. The molecule has 3 rings (SSSR count). The smallest absolute Gasteiger partial charge is 0.222 e. The van der Waals surface area contributed by atoms with Crippen LogP contribution in [0.25, 0.3) is 0 Å². The Balaban J connectivity index is 1.53. The van der Waals surface area contributed by atoms with Gasteiger partial charge in [-0.3, -0.25) is 9.69 Å². The van der Waals surface area contributed by atoms with Crippen molar-refractivity contribution in [2.45, 2.75) is 38.3 Å². The molecule has 5 heteroatoms. The number of methoxy groups -OCH3 is 1. The molecule has 1 saturated heterocycles. The van der Waals surface area contributed by atoms with Gasteiger partial charge in [0.1, 0.15) is 11.6 Å². The molecule has 1 aliphatic rings. The molecule has 1 aliphatic heterocycles. The van der Waals surface area contributed by atoms with E-state index in [1.807, 2.05) is 48.3 Å². The molecule has 1 fully saturated rings. The minimum Gasteiger partial charge on any atom is -0.497 e.